The Labute approximate surface area is 251 Å². The van der Waals surface area contributed by atoms with Gasteiger partial charge in [-0.05, 0) is 59.4 Å². The van der Waals surface area contributed by atoms with Crippen molar-refractivity contribution in [2.75, 3.05) is 0 Å². The number of para-hydroxylation sites is 1. The molecule has 1 atom stereocenters. The number of benzene rings is 4. The highest BCUT2D eigenvalue weighted by atomic mass is 35.5. The Morgan fingerprint density at radius 1 is 0.927 bits per heavy atom. The number of halogens is 2. The molecule has 0 saturated heterocycles. The smallest absolute Gasteiger partial charge is 0.271 e. The SMILES string of the molecule is O=c1c(=Cc2ccccc2OCc2ccccc2)sc2n1[C@H](c1ccc(Cl)cc1Cl)C1=C(N=2)c2ccccc2CC1. The van der Waals surface area contributed by atoms with Crippen molar-refractivity contribution in [2.24, 2.45) is 4.99 Å². The highest BCUT2D eigenvalue weighted by Crippen LogP contribution is 2.43. The van der Waals surface area contributed by atoms with Crippen LogP contribution in [0.2, 0.25) is 10.0 Å². The topological polar surface area (TPSA) is 43.6 Å². The van der Waals surface area contributed by atoms with Crippen LogP contribution >= 0.6 is 34.5 Å². The molecule has 202 valence electrons. The molecule has 7 rings (SSSR count). The Kier molecular flexibility index (Phi) is 6.87. The summed E-state index contributed by atoms with van der Waals surface area (Å²) in [5.41, 5.74) is 7.06. The van der Waals surface area contributed by atoms with E-state index in [1.807, 2.05) is 78.9 Å². The largest absolute Gasteiger partial charge is 0.488 e. The lowest BCUT2D eigenvalue weighted by molar-refractivity contribution is 0.305. The van der Waals surface area contributed by atoms with Gasteiger partial charge >= 0.3 is 0 Å². The molecule has 0 radical (unpaired) electrons. The van der Waals surface area contributed by atoms with Crippen molar-refractivity contribution in [1.82, 2.24) is 4.57 Å². The van der Waals surface area contributed by atoms with Crippen LogP contribution in [-0.2, 0) is 13.0 Å². The highest BCUT2D eigenvalue weighted by Gasteiger charge is 2.33. The van der Waals surface area contributed by atoms with E-state index in [1.165, 1.54) is 16.9 Å². The molecule has 0 fully saturated rings. The lowest BCUT2D eigenvalue weighted by Crippen LogP contribution is -2.38. The number of aromatic nitrogens is 1. The quantitative estimate of drug-likeness (QED) is 0.216. The molecule has 4 aromatic carbocycles. The first-order valence-electron chi connectivity index (χ1n) is 13.4. The van der Waals surface area contributed by atoms with Crippen LogP contribution in [0.25, 0.3) is 11.8 Å². The minimum absolute atomic E-state index is 0.104. The lowest BCUT2D eigenvalue weighted by atomic mass is 9.83. The maximum Gasteiger partial charge on any atom is 0.271 e. The Morgan fingerprint density at radius 3 is 2.56 bits per heavy atom. The number of aryl methyl sites for hydroxylation is 1. The Balaban J connectivity index is 1.39. The second-order valence-corrected chi connectivity index (χ2v) is 11.9. The fourth-order valence-electron chi connectivity index (χ4n) is 5.63. The lowest BCUT2D eigenvalue weighted by Gasteiger charge is -2.31. The number of fused-ring (bicyclic) bond motifs is 3. The summed E-state index contributed by atoms with van der Waals surface area (Å²) in [5.74, 6) is 0.715. The van der Waals surface area contributed by atoms with Gasteiger partial charge in [0.15, 0.2) is 4.80 Å². The molecule has 0 unspecified atom stereocenters. The number of nitrogens with zero attached hydrogens (tertiary/aromatic N) is 2. The summed E-state index contributed by atoms with van der Waals surface area (Å²) in [6.07, 6.45) is 3.57. The predicted molar refractivity (Wildman–Crippen MR) is 166 cm³/mol. The maximum atomic E-state index is 14.1. The summed E-state index contributed by atoms with van der Waals surface area (Å²) < 4.78 is 8.56. The van der Waals surface area contributed by atoms with Gasteiger partial charge in [-0.3, -0.25) is 9.36 Å². The summed E-state index contributed by atoms with van der Waals surface area (Å²) in [7, 11) is 0. The molecule has 0 spiro atoms. The van der Waals surface area contributed by atoms with Crippen LogP contribution in [0.15, 0.2) is 112 Å². The molecular formula is C34H24Cl2N2O2S. The van der Waals surface area contributed by atoms with Crippen LogP contribution in [0.1, 0.15) is 40.3 Å². The van der Waals surface area contributed by atoms with Gasteiger partial charge in [0.05, 0.1) is 16.3 Å². The first kappa shape index (κ1) is 26.0. The molecule has 41 heavy (non-hydrogen) atoms. The molecule has 1 aliphatic heterocycles. The number of allylic oxidation sites excluding steroid dienone is 1. The number of hydrogen-bond donors (Lipinski definition) is 0. The zero-order chi connectivity index (χ0) is 27.9. The standard InChI is InChI=1S/C34H24Cl2N2O2S/c35-24-15-17-26(28(36)19-24)32-27-16-14-22-10-4-6-12-25(22)31(27)37-34-38(32)33(39)30(41-34)18-23-11-5-7-13-29(23)40-20-21-8-2-1-3-9-21/h1-13,15,17-19,32H,14,16,20H2/t32-/m1/s1. The number of thiazole rings is 1. The fourth-order valence-corrected chi connectivity index (χ4v) is 7.13. The second-order valence-electron chi connectivity index (χ2n) is 10.1. The zero-order valence-electron chi connectivity index (χ0n) is 21.9. The van der Waals surface area contributed by atoms with E-state index >= 15 is 0 Å². The Morgan fingerprint density at radius 2 is 1.71 bits per heavy atom. The fraction of sp³-hybridized carbons (Fsp3) is 0.118. The summed E-state index contributed by atoms with van der Waals surface area (Å²) in [6.45, 7) is 0.439. The van der Waals surface area contributed by atoms with Crippen molar-refractivity contribution in [2.45, 2.75) is 25.5 Å². The van der Waals surface area contributed by atoms with E-state index in [0.717, 1.165) is 46.4 Å². The molecule has 5 aromatic rings. The van der Waals surface area contributed by atoms with Gasteiger partial charge in [0.1, 0.15) is 12.4 Å². The molecule has 0 bridgehead atoms. The van der Waals surface area contributed by atoms with Crippen LogP contribution in [0.3, 0.4) is 0 Å². The van der Waals surface area contributed by atoms with Crippen molar-refractivity contribution >= 4 is 46.3 Å². The monoisotopic (exact) mass is 594 g/mol. The van der Waals surface area contributed by atoms with Gasteiger partial charge in [-0.2, -0.15) is 0 Å². The molecular weight excluding hydrogens is 571 g/mol. The van der Waals surface area contributed by atoms with Crippen molar-refractivity contribution in [3.63, 3.8) is 0 Å². The second kappa shape index (κ2) is 10.8. The third-order valence-corrected chi connectivity index (χ3v) is 9.12. The van der Waals surface area contributed by atoms with E-state index < -0.39 is 0 Å². The molecule has 7 heteroatoms. The Hall–Kier alpha value is -3.90. The van der Waals surface area contributed by atoms with E-state index in [0.29, 0.717) is 31.7 Å². The minimum Gasteiger partial charge on any atom is -0.488 e. The van der Waals surface area contributed by atoms with E-state index in [4.69, 9.17) is 32.9 Å². The molecule has 0 N–H and O–H groups in total. The van der Waals surface area contributed by atoms with E-state index in [1.54, 1.807) is 10.6 Å². The normalized spacial score (nSPS) is 16.0. The number of hydrogen-bond acceptors (Lipinski definition) is 4. The van der Waals surface area contributed by atoms with Gasteiger partial charge in [-0.25, -0.2) is 4.99 Å². The first-order valence-corrected chi connectivity index (χ1v) is 15.0. The van der Waals surface area contributed by atoms with Crippen LogP contribution in [-0.4, -0.2) is 4.57 Å². The van der Waals surface area contributed by atoms with Crippen LogP contribution in [0.4, 0.5) is 0 Å². The molecule has 4 nitrogen and oxygen atoms in total. The summed E-state index contributed by atoms with van der Waals surface area (Å²) >= 11 is 14.4. The van der Waals surface area contributed by atoms with Crippen molar-refractivity contribution in [3.8, 4) is 5.75 Å². The third-order valence-electron chi connectivity index (χ3n) is 7.57. The summed E-state index contributed by atoms with van der Waals surface area (Å²) in [4.78, 5) is 19.9. The van der Waals surface area contributed by atoms with E-state index in [-0.39, 0.29) is 11.6 Å². The molecule has 1 aliphatic carbocycles. The Bertz CT molecular complexity index is 2010. The first-order chi connectivity index (χ1) is 20.1. The molecule has 2 heterocycles. The van der Waals surface area contributed by atoms with Gasteiger partial charge in [0, 0.05) is 21.2 Å². The van der Waals surface area contributed by atoms with Gasteiger partial charge in [-0.1, -0.05) is 113 Å². The van der Waals surface area contributed by atoms with Gasteiger partial charge < -0.3 is 4.74 Å². The van der Waals surface area contributed by atoms with E-state index in [2.05, 4.69) is 18.2 Å². The minimum atomic E-state index is -0.369. The van der Waals surface area contributed by atoms with Crippen molar-refractivity contribution in [3.05, 3.63) is 160 Å². The predicted octanol–water partition coefficient (Wildman–Crippen LogP) is 7.20. The summed E-state index contributed by atoms with van der Waals surface area (Å²) in [6, 6.07) is 31.3. The van der Waals surface area contributed by atoms with Gasteiger partial charge in [-0.15, -0.1) is 0 Å². The average Bonchev–Trinajstić information content (AvgIpc) is 3.30. The molecule has 0 saturated carbocycles. The summed E-state index contributed by atoms with van der Waals surface area (Å²) in [5, 5.41) is 1.09. The third kappa shape index (κ3) is 4.84. The van der Waals surface area contributed by atoms with Crippen LogP contribution in [0.5, 0.6) is 5.75 Å². The number of ether oxygens (including phenoxy) is 1. The molecule has 0 amide bonds. The average molecular weight is 596 g/mol. The van der Waals surface area contributed by atoms with Gasteiger partial charge in [0.2, 0.25) is 0 Å². The van der Waals surface area contributed by atoms with Gasteiger partial charge in [0.25, 0.3) is 5.56 Å². The van der Waals surface area contributed by atoms with E-state index in [9.17, 15) is 4.79 Å². The maximum absolute atomic E-state index is 14.1. The zero-order valence-corrected chi connectivity index (χ0v) is 24.2. The van der Waals surface area contributed by atoms with Crippen LogP contribution in [0, 0.1) is 0 Å². The molecule has 2 aliphatic rings. The highest BCUT2D eigenvalue weighted by molar-refractivity contribution is 7.07. The number of rotatable bonds is 5. The van der Waals surface area contributed by atoms with Crippen LogP contribution < -0.4 is 19.6 Å². The van der Waals surface area contributed by atoms with Crippen molar-refractivity contribution < 1.29 is 4.74 Å². The van der Waals surface area contributed by atoms with Crippen molar-refractivity contribution in [1.29, 1.82) is 0 Å². The molecule has 1 aromatic heterocycles.